The Hall–Kier alpha value is -1.96. The van der Waals surface area contributed by atoms with Crippen LogP contribution in [0.15, 0.2) is 23.6 Å². The van der Waals surface area contributed by atoms with Gasteiger partial charge in [-0.05, 0) is 87.1 Å². The maximum atomic E-state index is 13.2. The summed E-state index contributed by atoms with van der Waals surface area (Å²) in [4.78, 5) is 22.9. The Balaban J connectivity index is 1.26. The third-order valence-electron chi connectivity index (χ3n) is 8.18. The lowest BCUT2D eigenvalue weighted by Crippen LogP contribution is -2.33. The summed E-state index contributed by atoms with van der Waals surface area (Å²) in [6.07, 6.45) is 10.8. The van der Waals surface area contributed by atoms with E-state index in [-0.39, 0.29) is 5.91 Å². The SMILES string of the molecule is CCCC1CCN(c2nc(C(=O)Nc3ccc(CN4CCCC4)cc3CC3CCOCC3)cs2)CC1. The molecule has 0 unspecified atom stereocenters. The molecule has 5 rings (SSSR count). The third kappa shape index (κ3) is 6.67. The van der Waals surface area contributed by atoms with E-state index in [4.69, 9.17) is 9.72 Å². The fraction of sp³-hybridized carbons (Fsp3) is 0.655. The van der Waals surface area contributed by atoms with Gasteiger partial charge in [-0.15, -0.1) is 11.3 Å². The average molecular weight is 511 g/mol. The second-order valence-electron chi connectivity index (χ2n) is 10.9. The van der Waals surface area contributed by atoms with Crippen molar-refractivity contribution in [2.45, 2.75) is 71.3 Å². The number of ether oxygens (including phenoxy) is 1. The van der Waals surface area contributed by atoms with Crippen LogP contribution >= 0.6 is 11.3 Å². The molecule has 36 heavy (non-hydrogen) atoms. The quantitative estimate of drug-likeness (QED) is 0.450. The number of nitrogens with zero attached hydrogens (tertiary/aromatic N) is 3. The van der Waals surface area contributed by atoms with Gasteiger partial charge >= 0.3 is 0 Å². The smallest absolute Gasteiger partial charge is 0.275 e. The molecule has 7 heteroatoms. The molecular weight excluding hydrogens is 468 g/mol. The molecule has 196 valence electrons. The summed E-state index contributed by atoms with van der Waals surface area (Å²) in [5.74, 6) is 1.36. The van der Waals surface area contributed by atoms with Gasteiger partial charge in [0.25, 0.3) is 5.91 Å². The van der Waals surface area contributed by atoms with Crippen LogP contribution in [0.2, 0.25) is 0 Å². The van der Waals surface area contributed by atoms with Gasteiger partial charge in [0, 0.05) is 43.9 Å². The summed E-state index contributed by atoms with van der Waals surface area (Å²) < 4.78 is 5.59. The van der Waals surface area contributed by atoms with Crippen LogP contribution in [-0.4, -0.2) is 55.2 Å². The Morgan fingerprint density at radius 1 is 1.08 bits per heavy atom. The number of amides is 1. The molecule has 3 saturated heterocycles. The van der Waals surface area contributed by atoms with Crippen molar-refractivity contribution in [3.05, 3.63) is 40.4 Å². The second kappa shape index (κ2) is 12.5. The van der Waals surface area contributed by atoms with Gasteiger partial charge in [0.1, 0.15) is 5.69 Å². The normalized spacial score (nSPS) is 20.2. The monoisotopic (exact) mass is 510 g/mol. The van der Waals surface area contributed by atoms with E-state index in [2.05, 4.69) is 40.2 Å². The van der Waals surface area contributed by atoms with Crippen LogP contribution in [-0.2, 0) is 17.7 Å². The molecule has 0 bridgehead atoms. The topological polar surface area (TPSA) is 57.7 Å². The van der Waals surface area contributed by atoms with Crippen LogP contribution in [0.5, 0.6) is 0 Å². The summed E-state index contributed by atoms with van der Waals surface area (Å²) in [6.45, 7) is 9.44. The minimum Gasteiger partial charge on any atom is -0.381 e. The Kier molecular flexibility index (Phi) is 8.93. The summed E-state index contributed by atoms with van der Waals surface area (Å²) in [7, 11) is 0. The fourth-order valence-corrected chi connectivity index (χ4v) is 6.88. The highest BCUT2D eigenvalue weighted by Gasteiger charge is 2.23. The van der Waals surface area contributed by atoms with Gasteiger partial charge in [0.2, 0.25) is 0 Å². The van der Waals surface area contributed by atoms with Crippen LogP contribution in [0.3, 0.4) is 0 Å². The zero-order valence-corrected chi connectivity index (χ0v) is 22.7. The van der Waals surface area contributed by atoms with E-state index in [1.54, 1.807) is 11.3 Å². The third-order valence-corrected chi connectivity index (χ3v) is 9.08. The van der Waals surface area contributed by atoms with E-state index < -0.39 is 0 Å². The van der Waals surface area contributed by atoms with Gasteiger partial charge in [-0.1, -0.05) is 31.9 Å². The Bertz CT molecular complexity index is 989. The van der Waals surface area contributed by atoms with Crippen LogP contribution in [0.1, 0.15) is 79.9 Å². The van der Waals surface area contributed by atoms with Crippen LogP contribution < -0.4 is 10.2 Å². The number of benzene rings is 1. The molecule has 2 aromatic rings. The highest BCUT2D eigenvalue weighted by atomic mass is 32.1. The van der Waals surface area contributed by atoms with Crippen molar-refractivity contribution in [1.29, 1.82) is 0 Å². The van der Waals surface area contributed by atoms with E-state index in [1.807, 2.05) is 5.38 Å². The Morgan fingerprint density at radius 3 is 2.61 bits per heavy atom. The molecule has 6 nitrogen and oxygen atoms in total. The number of hydrogen-bond acceptors (Lipinski definition) is 6. The van der Waals surface area contributed by atoms with Crippen molar-refractivity contribution in [3.8, 4) is 0 Å². The number of thiazole rings is 1. The fourth-order valence-electron chi connectivity index (χ4n) is 6.02. The summed E-state index contributed by atoms with van der Waals surface area (Å²) >= 11 is 1.60. The molecule has 1 aromatic carbocycles. The zero-order chi connectivity index (χ0) is 24.7. The lowest BCUT2D eigenvalue weighted by Gasteiger charge is -2.31. The molecule has 0 atom stereocenters. The molecule has 4 heterocycles. The van der Waals surface area contributed by atoms with Gasteiger partial charge in [-0.25, -0.2) is 4.98 Å². The van der Waals surface area contributed by atoms with E-state index >= 15 is 0 Å². The molecule has 3 fully saturated rings. The van der Waals surface area contributed by atoms with E-state index in [0.29, 0.717) is 11.6 Å². The number of hydrogen-bond donors (Lipinski definition) is 1. The number of likely N-dealkylation sites (tertiary alicyclic amines) is 1. The largest absolute Gasteiger partial charge is 0.381 e. The van der Waals surface area contributed by atoms with E-state index in [9.17, 15) is 4.79 Å². The van der Waals surface area contributed by atoms with E-state index in [1.165, 1.54) is 62.7 Å². The van der Waals surface area contributed by atoms with Crippen molar-refractivity contribution in [1.82, 2.24) is 9.88 Å². The lowest BCUT2D eigenvalue weighted by atomic mass is 9.90. The van der Waals surface area contributed by atoms with E-state index in [0.717, 1.165) is 68.8 Å². The molecule has 0 aliphatic carbocycles. The van der Waals surface area contributed by atoms with Crippen molar-refractivity contribution < 1.29 is 9.53 Å². The predicted octanol–water partition coefficient (Wildman–Crippen LogP) is 5.98. The van der Waals surface area contributed by atoms with Gasteiger partial charge in [0.05, 0.1) is 0 Å². The van der Waals surface area contributed by atoms with Crippen molar-refractivity contribution in [3.63, 3.8) is 0 Å². The number of anilines is 2. The Morgan fingerprint density at radius 2 is 1.86 bits per heavy atom. The first-order chi connectivity index (χ1) is 17.7. The van der Waals surface area contributed by atoms with Gasteiger partial charge in [0.15, 0.2) is 5.13 Å². The average Bonchev–Trinajstić information content (AvgIpc) is 3.60. The molecule has 3 aliphatic rings. The maximum absolute atomic E-state index is 13.2. The number of piperidine rings is 1. The summed E-state index contributed by atoms with van der Waals surface area (Å²) in [5.41, 5.74) is 4.07. The molecule has 0 saturated carbocycles. The number of carbonyl (C=O) groups is 1. The lowest BCUT2D eigenvalue weighted by molar-refractivity contribution is 0.0665. The highest BCUT2D eigenvalue weighted by Crippen LogP contribution is 2.30. The van der Waals surface area contributed by atoms with Crippen molar-refractivity contribution in [2.24, 2.45) is 11.8 Å². The molecule has 1 N–H and O–H groups in total. The first-order valence-corrected chi connectivity index (χ1v) is 15.0. The zero-order valence-electron chi connectivity index (χ0n) is 21.8. The number of rotatable bonds is 9. The number of nitrogens with one attached hydrogen (secondary N) is 1. The summed E-state index contributed by atoms with van der Waals surface area (Å²) in [6, 6.07) is 6.63. The maximum Gasteiger partial charge on any atom is 0.275 e. The van der Waals surface area contributed by atoms with Crippen LogP contribution in [0, 0.1) is 11.8 Å². The van der Waals surface area contributed by atoms with Gasteiger partial charge in [-0.3, -0.25) is 9.69 Å². The minimum atomic E-state index is -0.0983. The molecule has 1 amide bonds. The molecule has 1 aromatic heterocycles. The highest BCUT2D eigenvalue weighted by molar-refractivity contribution is 7.14. The molecule has 3 aliphatic heterocycles. The molecular formula is C29H42N4O2S. The van der Waals surface area contributed by atoms with Crippen molar-refractivity contribution in [2.75, 3.05) is 49.6 Å². The predicted molar refractivity (Wildman–Crippen MR) is 148 cm³/mol. The molecule has 0 radical (unpaired) electrons. The van der Waals surface area contributed by atoms with Crippen LogP contribution in [0.4, 0.5) is 10.8 Å². The molecule has 0 spiro atoms. The van der Waals surface area contributed by atoms with Crippen molar-refractivity contribution >= 4 is 28.1 Å². The number of carbonyl (C=O) groups excluding carboxylic acids is 1. The second-order valence-corrected chi connectivity index (χ2v) is 11.8. The van der Waals surface area contributed by atoms with Crippen LogP contribution in [0.25, 0.3) is 0 Å². The van der Waals surface area contributed by atoms with Gasteiger partial charge < -0.3 is 15.0 Å². The Labute approximate surface area is 220 Å². The first-order valence-electron chi connectivity index (χ1n) is 14.1. The van der Waals surface area contributed by atoms with Gasteiger partial charge in [-0.2, -0.15) is 0 Å². The minimum absolute atomic E-state index is 0.0983. The standard InChI is InChI=1S/C29H42N4O2S/c1-2-5-22-8-14-33(15-9-22)29-31-27(21-36-29)28(34)30-26-7-6-24(20-32-12-3-4-13-32)19-25(26)18-23-10-16-35-17-11-23/h6-7,19,21-23H,2-5,8-18,20H2,1H3,(H,30,34). The number of aromatic nitrogens is 1. The summed E-state index contributed by atoms with van der Waals surface area (Å²) in [5, 5.41) is 6.12. The first kappa shape index (κ1) is 25.7.